The van der Waals surface area contributed by atoms with Crippen LogP contribution in [-0.4, -0.2) is 46.1 Å². The third-order valence-electron chi connectivity index (χ3n) is 4.56. The lowest BCUT2D eigenvalue weighted by molar-refractivity contribution is -0.132. The molecule has 1 amide bonds. The van der Waals surface area contributed by atoms with Crippen molar-refractivity contribution in [1.82, 2.24) is 14.9 Å². The molecule has 1 aromatic carbocycles. The second-order valence-electron chi connectivity index (χ2n) is 6.59. The van der Waals surface area contributed by atoms with Crippen molar-refractivity contribution in [2.75, 3.05) is 13.1 Å². The van der Waals surface area contributed by atoms with Crippen molar-refractivity contribution in [2.45, 2.75) is 38.6 Å². The summed E-state index contributed by atoms with van der Waals surface area (Å²) in [6, 6.07) is 5.98. The lowest BCUT2D eigenvalue weighted by atomic mass is 10.2. The average molecular weight is 317 g/mol. The number of H-pyrrole nitrogens is 1. The number of carbonyl (C=O) groups is 1. The molecule has 5 nitrogen and oxygen atoms in total. The van der Waals surface area contributed by atoms with Gasteiger partial charge < -0.3 is 14.6 Å². The Morgan fingerprint density at radius 3 is 3.04 bits per heavy atom. The van der Waals surface area contributed by atoms with Gasteiger partial charge in [0.15, 0.2) is 0 Å². The Hall–Kier alpha value is -1.95. The minimum absolute atomic E-state index is 0.0814. The van der Waals surface area contributed by atoms with E-state index in [9.17, 15) is 9.18 Å². The first-order valence-electron chi connectivity index (χ1n) is 8.10. The highest BCUT2D eigenvalue weighted by Crippen LogP contribution is 2.33. The topological polar surface area (TPSA) is 58.2 Å². The van der Waals surface area contributed by atoms with Crippen molar-refractivity contribution in [2.24, 2.45) is 5.92 Å². The third-order valence-corrected chi connectivity index (χ3v) is 4.56. The second-order valence-corrected chi connectivity index (χ2v) is 6.59. The number of alkyl halides is 1. The molecule has 0 spiro atoms. The standard InChI is InChI=1S/C17H20FN3O2/c1-10-2-5-13-14(6-10)20-16(19-13)9-23-15-8-21(7-12(15)18)17(22)11-3-4-11/h2,5-6,11-12,15H,3-4,7-9H2,1H3,(H,19,20)/t12-,15+/m1/s1. The molecule has 6 heteroatoms. The van der Waals surface area contributed by atoms with Crippen LogP contribution in [0.15, 0.2) is 18.2 Å². The molecule has 1 aliphatic heterocycles. The maximum Gasteiger partial charge on any atom is 0.225 e. The van der Waals surface area contributed by atoms with Gasteiger partial charge in [0.05, 0.1) is 17.6 Å². The van der Waals surface area contributed by atoms with E-state index in [2.05, 4.69) is 9.97 Å². The van der Waals surface area contributed by atoms with Crippen LogP contribution in [0, 0.1) is 12.8 Å². The molecule has 1 aromatic heterocycles. The number of likely N-dealkylation sites (tertiary alicyclic amines) is 1. The number of fused-ring (bicyclic) bond motifs is 1. The second kappa shape index (κ2) is 5.60. The van der Waals surface area contributed by atoms with Crippen molar-refractivity contribution < 1.29 is 13.9 Å². The summed E-state index contributed by atoms with van der Waals surface area (Å²) in [7, 11) is 0. The van der Waals surface area contributed by atoms with Crippen LogP contribution in [0.5, 0.6) is 0 Å². The van der Waals surface area contributed by atoms with Crippen LogP contribution in [0.3, 0.4) is 0 Å². The van der Waals surface area contributed by atoms with Gasteiger partial charge in [0.1, 0.15) is 24.7 Å². The van der Waals surface area contributed by atoms with E-state index in [4.69, 9.17) is 4.74 Å². The first-order valence-corrected chi connectivity index (χ1v) is 8.10. The lowest BCUT2D eigenvalue weighted by Crippen LogP contribution is -2.31. The van der Waals surface area contributed by atoms with Crippen LogP contribution in [0.1, 0.15) is 24.2 Å². The SMILES string of the molecule is Cc1ccc2nc(CO[C@H]3CN(C(=O)C4CC4)C[C@H]3F)[nH]c2c1. The number of nitrogens with zero attached hydrogens (tertiary/aromatic N) is 2. The van der Waals surface area contributed by atoms with E-state index in [0.29, 0.717) is 12.4 Å². The van der Waals surface area contributed by atoms with Gasteiger partial charge in [-0.15, -0.1) is 0 Å². The van der Waals surface area contributed by atoms with Gasteiger partial charge in [-0.25, -0.2) is 9.37 Å². The molecule has 2 atom stereocenters. The van der Waals surface area contributed by atoms with Gasteiger partial charge in [-0.05, 0) is 37.5 Å². The number of imidazole rings is 1. The van der Waals surface area contributed by atoms with Crippen molar-refractivity contribution in [3.8, 4) is 0 Å². The van der Waals surface area contributed by atoms with Gasteiger partial charge in [-0.2, -0.15) is 0 Å². The quantitative estimate of drug-likeness (QED) is 0.942. The highest BCUT2D eigenvalue weighted by molar-refractivity contribution is 5.81. The molecule has 1 aliphatic carbocycles. The van der Waals surface area contributed by atoms with Crippen molar-refractivity contribution in [3.63, 3.8) is 0 Å². The number of halogens is 1. The number of rotatable bonds is 4. The molecule has 0 unspecified atom stereocenters. The number of aromatic amines is 1. The number of hydrogen-bond donors (Lipinski definition) is 1. The fraction of sp³-hybridized carbons (Fsp3) is 0.529. The Morgan fingerprint density at radius 1 is 1.43 bits per heavy atom. The lowest BCUT2D eigenvalue weighted by Gasteiger charge is -2.15. The normalized spacial score (nSPS) is 24.5. The number of nitrogens with one attached hydrogen (secondary N) is 1. The molecule has 23 heavy (non-hydrogen) atoms. The summed E-state index contributed by atoms with van der Waals surface area (Å²) >= 11 is 0. The molecule has 4 rings (SSSR count). The number of ether oxygens (including phenoxy) is 1. The van der Waals surface area contributed by atoms with Crippen LogP contribution < -0.4 is 0 Å². The van der Waals surface area contributed by atoms with Gasteiger partial charge in [0, 0.05) is 12.5 Å². The van der Waals surface area contributed by atoms with Crippen LogP contribution in [0.25, 0.3) is 11.0 Å². The predicted octanol–water partition coefficient (Wildman–Crippen LogP) is 2.35. The van der Waals surface area contributed by atoms with E-state index < -0.39 is 12.3 Å². The molecule has 0 radical (unpaired) electrons. The first kappa shape index (κ1) is 14.6. The zero-order chi connectivity index (χ0) is 16.0. The van der Waals surface area contributed by atoms with E-state index >= 15 is 0 Å². The number of amides is 1. The Labute approximate surface area is 133 Å². The molecule has 1 N–H and O–H groups in total. The van der Waals surface area contributed by atoms with Crippen molar-refractivity contribution >= 4 is 16.9 Å². The van der Waals surface area contributed by atoms with E-state index in [0.717, 1.165) is 29.4 Å². The van der Waals surface area contributed by atoms with E-state index in [1.54, 1.807) is 4.90 Å². The smallest absolute Gasteiger partial charge is 0.225 e. The summed E-state index contributed by atoms with van der Waals surface area (Å²) in [6.07, 6.45) is 0.198. The monoisotopic (exact) mass is 317 g/mol. The summed E-state index contributed by atoms with van der Waals surface area (Å²) in [5.74, 6) is 0.891. The molecule has 2 aliphatic rings. The number of hydrogen-bond acceptors (Lipinski definition) is 3. The molecular weight excluding hydrogens is 297 g/mol. The summed E-state index contributed by atoms with van der Waals surface area (Å²) in [5, 5.41) is 0. The fourth-order valence-electron chi connectivity index (χ4n) is 3.09. The van der Waals surface area contributed by atoms with Crippen LogP contribution in [0.2, 0.25) is 0 Å². The molecule has 0 bridgehead atoms. The van der Waals surface area contributed by atoms with Crippen LogP contribution >= 0.6 is 0 Å². The van der Waals surface area contributed by atoms with E-state index in [1.807, 2.05) is 25.1 Å². The number of benzene rings is 1. The Kier molecular flexibility index (Phi) is 3.56. The number of carbonyl (C=O) groups excluding carboxylic acids is 1. The van der Waals surface area contributed by atoms with Crippen LogP contribution in [0.4, 0.5) is 4.39 Å². The molecule has 122 valence electrons. The number of aryl methyl sites for hydroxylation is 1. The van der Waals surface area contributed by atoms with Crippen LogP contribution in [-0.2, 0) is 16.1 Å². The van der Waals surface area contributed by atoms with Crippen molar-refractivity contribution in [3.05, 3.63) is 29.6 Å². The molecule has 2 fully saturated rings. The zero-order valence-electron chi connectivity index (χ0n) is 13.1. The minimum Gasteiger partial charge on any atom is -0.365 e. The molecular formula is C17H20FN3O2. The first-order chi connectivity index (χ1) is 11.1. The molecule has 2 heterocycles. The Balaban J connectivity index is 1.38. The average Bonchev–Trinajstić information content (AvgIpc) is 3.20. The third kappa shape index (κ3) is 2.95. The fourth-order valence-corrected chi connectivity index (χ4v) is 3.09. The number of aromatic nitrogens is 2. The summed E-state index contributed by atoms with van der Waals surface area (Å²) in [6.45, 7) is 2.74. The maximum absolute atomic E-state index is 14.1. The largest absolute Gasteiger partial charge is 0.365 e. The summed E-state index contributed by atoms with van der Waals surface area (Å²) < 4.78 is 19.8. The molecule has 1 saturated heterocycles. The van der Waals surface area contributed by atoms with Gasteiger partial charge in [-0.3, -0.25) is 4.79 Å². The highest BCUT2D eigenvalue weighted by Gasteiger charge is 2.41. The van der Waals surface area contributed by atoms with Gasteiger partial charge >= 0.3 is 0 Å². The van der Waals surface area contributed by atoms with Crippen molar-refractivity contribution in [1.29, 1.82) is 0 Å². The van der Waals surface area contributed by atoms with Gasteiger partial charge in [0.2, 0.25) is 5.91 Å². The highest BCUT2D eigenvalue weighted by atomic mass is 19.1. The predicted molar refractivity (Wildman–Crippen MR) is 83.6 cm³/mol. The Morgan fingerprint density at radius 2 is 2.26 bits per heavy atom. The minimum atomic E-state index is -1.12. The van der Waals surface area contributed by atoms with E-state index in [1.165, 1.54) is 0 Å². The Bertz CT molecular complexity index is 741. The van der Waals surface area contributed by atoms with Gasteiger partial charge in [-0.1, -0.05) is 6.07 Å². The molecule has 1 saturated carbocycles. The summed E-state index contributed by atoms with van der Waals surface area (Å²) in [4.78, 5) is 21.3. The van der Waals surface area contributed by atoms with E-state index in [-0.39, 0.29) is 25.0 Å². The zero-order valence-corrected chi connectivity index (χ0v) is 13.1. The summed E-state index contributed by atoms with van der Waals surface area (Å²) in [5.41, 5.74) is 2.99. The molecule has 2 aromatic rings. The maximum atomic E-state index is 14.1. The van der Waals surface area contributed by atoms with Gasteiger partial charge in [0.25, 0.3) is 0 Å².